The van der Waals surface area contributed by atoms with Gasteiger partial charge < -0.3 is 0 Å². The minimum atomic E-state index is 0.338. The fraction of sp³-hybridized carbons (Fsp3) is 0.455. The van der Waals surface area contributed by atoms with Crippen LogP contribution >= 0.6 is 0 Å². The van der Waals surface area contributed by atoms with E-state index in [0.29, 0.717) is 10.8 Å². The van der Waals surface area contributed by atoms with E-state index >= 15 is 0 Å². The minimum Gasteiger partial charge on any atom is -0.0745 e. The Hall–Kier alpha value is -1.56. The second-order valence-corrected chi connectivity index (χ2v) is 8.37. The number of hydrogen-bond donors (Lipinski definition) is 0. The Kier molecular flexibility index (Phi) is 2.86. The second kappa shape index (κ2) is 4.47. The van der Waals surface area contributed by atoms with E-state index in [4.69, 9.17) is 0 Å². The van der Waals surface area contributed by atoms with Crippen molar-refractivity contribution in [1.82, 2.24) is 0 Å². The zero-order chi connectivity index (χ0) is 15.5. The summed E-state index contributed by atoms with van der Waals surface area (Å²) < 4.78 is 0. The average Bonchev–Trinajstić information content (AvgIpc) is 2.48. The first kappa shape index (κ1) is 14.1. The molecule has 2 aliphatic carbocycles. The Morgan fingerprint density at radius 2 is 1.68 bits per heavy atom. The maximum absolute atomic E-state index is 2.58. The lowest BCUT2D eigenvalue weighted by molar-refractivity contribution is 0.273. The van der Waals surface area contributed by atoms with Crippen LogP contribution in [0.5, 0.6) is 0 Å². The molecule has 1 atom stereocenters. The van der Waals surface area contributed by atoms with Crippen LogP contribution in [0.15, 0.2) is 36.4 Å². The molecule has 0 nitrogen and oxygen atoms in total. The average molecular weight is 290 g/mol. The van der Waals surface area contributed by atoms with E-state index in [1.165, 1.54) is 47.6 Å². The summed E-state index contributed by atoms with van der Waals surface area (Å²) in [5, 5.41) is 2.91. The van der Waals surface area contributed by atoms with Crippen LogP contribution in [0.25, 0.3) is 16.3 Å². The molecule has 0 N–H and O–H groups in total. The van der Waals surface area contributed by atoms with Crippen molar-refractivity contribution in [1.29, 1.82) is 0 Å². The molecule has 0 spiro atoms. The van der Waals surface area contributed by atoms with Crippen LogP contribution in [0.2, 0.25) is 0 Å². The Balaban J connectivity index is 2.01. The first-order chi connectivity index (χ1) is 10.4. The molecule has 114 valence electrons. The Morgan fingerprint density at radius 1 is 0.864 bits per heavy atom. The number of fused-ring (bicyclic) bond motifs is 5. The summed E-state index contributed by atoms with van der Waals surface area (Å²) in [5.74, 6) is 0. The van der Waals surface area contributed by atoms with Gasteiger partial charge in [0, 0.05) is 0 Å². The van der Waals surface area contributed by atoms with Crippen LogP contribution in [-0.4, -0.2) is 0 Å². The molecule has 0 radical (unpaired) electrons. The minimum absolute atomic E-state index is 0.338. The Morgan fingerprint density at radius 3 is 2.50 bits per heavy atom. The molecular formula is C22H26. The number of benzene rings is 2. The monoisotopic (exact) mass is 290 g/mol. The van der Waals surface area contributed by atoms with Crippen LogP contribution < -0.4 is 0 Å². The lowest BCUT2D eigenvalue weighted by Gasteiger charge is -2.45. The third-order valence-electron chi connectivity index (χ3n) is 6.11. The fourth-order valence-electron chi connectivity index (χ4n) is 4.53. The lowest BCUT2D eigenvalue weighted by atomic mass is 9.59. The van der Waals surface area contributed by atoms with Crippen molar-refractivity contribution in [3.05, 3.63) is 53.1 Å². The van der Waals surface area contributed by atoms with E-state index in [1.54, 1.807) is 11.1 Å². The highest BCUT2D eigenvalue weighted by Crippen LogP contribution is 2.54. The molecule has 0 fully saturated rings. The number of allylic oxidation sites excluding steroid dienone is 2. The molecule has 2 aromatic rings. The quantitative estimate of drug-likeness (QED) is 0.533. The summed E-state index contributed by atoms with van der Waals surface area (Å²) in [7, 11) is 0. The summed E-state index contributed by atoms with van der Waals surface area (Å²) in [6, 6.07) is 11.5. The zero-order valence-electron chi connectivity index (χ0n) is 14.3. The van der Waals surface area contributed by atoms with Crippen LogP contribution in [-0.2, 0) is 6.42 Å². The first-order valence-electron chi connectivity index (χ1n) is 8.65. The van der Waals surface area contributed by atoms with Crippen molar-refractivity contribution in [3.63, 3.8) is 0 Å². The van der Waals surface area contributed by atoms with Gasteiger partial charge in [0.1, 0.15) is 0 Å². The van der Waals surface area contributed by atoms with Crippen molar-refractivity contribution >= 4 is 16.3 Å². The van der Waals surface area contributed by atoms with E-state index in [0.717, 1.165) is 0 Å². The van der Waals surface area contributed by atoms with Crippen LogP contribution in [0.4, 0.5) is 0 Å². The SMILES string of the molecule is Cc1cccc2c3c(ccc12)C1=CC(C)(C)CCC1(C)CC3. The second-order valence-electron chi connectivity index (χ2n) is 8.37. The van der Waals surface area contributed by atoms with Gasteiger partial charge >= 0.3 is 0 Å². The maximum Gasteiger partial charge on any atom is -0.00687 e. The number of hydrogen-bond acceptors (Lipinski definition) is 0. The fourth-order valence-corrected chi connectivity index (χ4v) is 4.53. The van der Waals surface area contributed by atoms with Gasteiger partial charge in [-0.2, -0.15) is 0 Å². The highest BCUT2D eigenvalue weighted by Gasteiger charge is 2.40. The van der Waals surface area contributed by atoms with E-state index in [2.05, 4.69) is 64.1 Å². The third-order valence-corrected chi connectivity index (χ3v) is 6.11. The lowest BCUT2D eigenvalue weighted by Crippen LogP contribution is -2.31. The van der Waals surface area contributed by atoms with Gasteiger partial charge in [-0.1, -0.05) is 57.2 Å². The largest absolute Gasteiger partial charge is 0.0745 e. The molecule has 2 aliphatic rings. The Labute approximate surface area is 134 Å². The van der Waals surface area contributed by atoms with Gasteiger partial charge in [0.05, 0.1) is 0 Å². The molecule has 0 aromatic heterocycles. The summed E-state index contributed by atoms with van der Waals surface area (Å²) in [4.78, 5) is 0. The number of aryl methyl sites for hydroxylation is 2. The van der Waals surface area contributed by atoms with Crippen LogP contribution in [0, 0.1) is 17.8 Å². The predicted octanol–water partition coefficient (Wildman–Crippen LogP) is 6.30. The molecule has 0 heteroatoms. The summed E-state index contributed by atoms with van der Waals surface area (Å²) in [5.41, 5.74) is 6.85. The Bertz CT molecular complexity index is 791. The molecule has 22 heavy (non-hydrogen) atoms. The molecule has 4 rings (SSSR count). The highest BCUT2D eigenvalue weighted by molar-refractivity contribution is 5.94. The van der Waals surface area contributed by atoms with Gasteiger partial charge in [-0.3, -0.25) is 0 Å². The maximum atomic E-state index is 2.58. The summed E-state index contributed by atoms with van der Waals surface area (Å²) >= 11 is 0. The first-order valence-corrected chi connectivity index (χ1v) is 8.65. The smallest absolute Gasteiger partial charge is 0.00687 e. The molecule has 0 amide bonds. The van der Waals surface area contributed by atoms with Gasteiger partial charge in [0.25, 0.3) is 0 Å². The van der Waals surface area contributed by atoms with Crippen LogP contribution in [0.3, 0.4) is 0 Å². The van der Waals surface area contributed by atoms with E-state index in [-0.39, 0.29) is 0 Å². The van der Waals surface area contributed by atoms with Crippen molar-refractivity contribution in [2.45, 2.75) is 53.4 Å². The molecular weight excluding hydrogens is 264 g/mol. The summed E-state index contributed by atoms with van der Waals surface area (Å²) in [6.45, 7) is 9.49. The third kappa shape index (κ3) is 1.96. The normalized spacial score (nSPS) is 26.3. The molecule has 2 aromatic carbocycles. The van der Waals surface area contributed by atoms with Gasteiger partial charge in [-0.25, -0.2) is 0 Å². The highest BCUT2D eigenvalue weighted by atomic mass is 14.4. The molecule has 0 saturated carbocycles. The van der Waals surface area contributed by atoms with E-state index in [9.17, 15) is 0 Å². The van der Waals surface area contributed by atoms with Gasteiger partial charge in [-0.15, -0.1) is 0 Å². The van der Waals surface area contributed by atoms with Crippen LogP contribution in [0.1, 0.15) is 56.7 Å². The predicted molar refractivity (Wildman–Crippen MR) is 96.1 cm³/mol. The van der Waals surface area contributed by atoms with Gasteiger partial charge in [0.15, 0.2) is 0 Å². The molecule has 0 bridgehead atoms. The van der Waals surface area contributed by atoms with Gasteiger partial charge in [-0.05, 0) is 76.5 Å². The molecule has 0 saturated heterocycles. The standard InChI is InChI=1S/C22H26/c1-15-6-5-7-17-16(15)8-9-19-18(17)10-11-22(4)13-12-21(2,3)14-20(19)22/h5-9,14H,10-13H2,1-4H3. The number of rotatable bonds is 0. The zero-order valence-corrected chi connectivity index (χ0v) is 14.3. The van der Waals surface area contributed by atoms with Crippen molar-refractivity contribution < 1.29 is 0 Å². The van der Waals surface area contributed by atoms with Gasteiger partial charge in [0.2, 0.25) is 0 Å². The van der Waals surface area contributed by atoms with E-state index < -0.39 is 0 Å². The van der Waals surface area contributed by atoms with E-state index in [1.807, 2.05) is 0 Å². The van der Waals surface area contributed by atoms with Crippen molar-refractivity contribution in [2.75, 3.05) is 0 Å². The molecule has 0 heterocycles. The molecule has 1 unspecified atom stereocenters. The topological polar surface area (TPSA) is 0 Å². The van der Waals surface area contributed by atoms with Crippen molar-refractivity contribution in [3.8, 4) is 0 Å². The molecule has 0 aliphatic heterocycles. The summed E-state index contributed by atoms with van der Waals surface area (Å²) in [6.07, 6.45) is 7.75. The van der Waals surface area contributed by atoms with Crippen molar-refractivity contribution in [2.24, 2.45) is 10.8 Å².